The van der Waals surface area contributed by atoms with Gasteiger partial charge in [0.2, 0.25) is 0 Å². The average molecular weight is 532 g/mol. The van der Waals surface area contributed by atoms with Crippen molar-refractivity contribution in [1.29, 1.82) is 5.26 Å². The number of unbranched alkanes of at least 4 members (excludes halogenated alkanes) is 14. The summed E-state index contributed by atoms with van der Waals surface area (Å²) in [6, 6.07) is 18.0. The van der Waals surface area contributed by atoms with Crippen molar-refractivity contribution >= 4 is 5.97 Å². The van der Waals surface area contributed by atoms with Crippen molar-refractivity contribution in [1.82, 2.24) is 0 Å². The molecule has 0 spiro atoms. The molecule has 4 heteroatoms. The van der Waals surface area contributed by atoms with E-state index in [0.29, 0.717) is 18.6 Å². The monoisotopic (exact) mass is 531 g/mol. The van der Waals surface area contributed by atoms with E-state index < -0.39 is 0 Å². The van der Waals surface area contributed by atoms with E-state index in [0.717, 1.165) is 62.0 Å². The van der Waals surface area contributed by atoms with Gasteiger partial charge in [0.1, 0.15) is 5.75 Å². The molecule has 0 saturated carbocycles. The third kappa shape index (κ3) is 15.8. The lowest BCUT2D eigenvalue weighted by Gasteiger charge is -2.08. The molecule has 2 aromatic carbocycles. The van der Waals surface area contributed by atoms with Crippen LogP contribution in [-0.4, -0.2) is 19.2 Å². The highest BCUT2D eigenvalue weighted by molar-refractivity contribution is 5.69. The zero-order valence-corrected chi connectivity index (χ0v) is 24.0. The van der Waals surface area contributed by atoms with Gasteiger partial charge in [0.25, 0.3) is 0 Å². The molecule has 0 fully saturated rings. The van der Waals surface area contributed by atoms with Crippen LogP contribution in [0.2, 0.25) is 0 Å². The van der Waals surface area contributed by atoms with Crippen molar-refractivity contribution in [3.63, 3.8) is 0 Å². The van der Waals surface area contributed by atoms with Crippen molar-refractivity contribution in [3.8, 4) is 22.9 Å². The number of carbonyl (C=O) groups excluding carboxylic acids is 1. The number of carbonyl (C=O) groups is 1. The molecule has 0 heterocycles. The van der Waals surface area contributed by atoms with E-state index >= 15 is 0 Å². The van der Waals surface area contributed by atoms with Gasteiger partial charge in [-0.2, -0.15) is 5.26 Å². The Morgan fingerprint density at radius 1 is 0.667 bits per heavy atom. The van der Waals surface area contributed by atoms with Crippen molar-refractivity contribution in [3.05, 3.63) is 66.7 Å². The number of esters is 1. The van der Waals surface area contributed by atoms with Gasteiger partial charge in [0.05, 0.1) is 24.8 Å². The van der Waals surface area contributed by atoms with Gasteiger partial charge < -0.3 is 9.47 Å². The number of ether oxygens (including phenoxy) is 2. The van der Waals surface area contributed by atoms with Crippen LogP contribution < -0.4 is 4.74 Å². The van der Waals surface area contributed by atoms with Crippen LogP contribution in [0.1, 0.15) is 115 Å². The van der Waals surface area contributed by atoms with E-state index in [4.69, 9.17) is 14.7 Å². The summed E-state index contributed by atoms with van der Waals surface area (Å²) in [6.07, 6.45) is 21.5. The van der Waals surface area contributed by atoms with E-state index in [1.54, 1.807) is 0 Å². The third-order valence-corrected chi connectivity index (χ3v) is 7.06. The largest absolute Gasteiger partial charge is 0.494 e. The Kier molecular flexibility index (Phi) is 18.0. The van der Waals surface area contributed by atoms with Gasteiger partial charge in [0, 0.05) is 6.42 Å². The number of nitrogens with zero attached hydrogens (tertiary/aromatic N) is 1. The number of hydrogen-bond donors (Lipinski definition) is 0. The Morgan fingerprint density at radius 2 is 1.15 bits per heavy atom. The molecule has 0 bridgehead atoms. The second-order valence-electron chi connectivity index (χ2n) is 10.4. The van der Waals surface area contributed by atoms with E-state index in [1.807, 2.05) is 42.5 Å². The van der Waals surface area contributed by atoms with E-state index in [9.17, 15) is 4.79 Å². The van der Waals surface area contributed by atoms with Crippen LogP contribution in [0.5, 0.6) is 5.75 Å². The van der Waals surface area contributed by atoms with Gasteiger partial charge in [0.15, 0.2) is 0 Å². The van der Waals surface area contributed by atoms with Crippen LogP contribution in [0.15, 0.2) is 61.2 Å². The van der Waals surface area contributed by atoms with Gasteiger partial charge in [-0.15, -0.1) is 6.58 Å². The first-order valence-electron chi connectivity index (χ1n) is 15.2. The molecule has 0 atom stereocenters. The molecule has 0 radical (unpaired) electrons. The molecule has 4 nitrogen and oxygen atoms in total. The number of rotatable bonds is 23. The first-order valence-corrected chi connectivity index (χ1v) is 15.2. The quantitative estimate of drug-likeness (QED) is 0.0813. The highest BCUT2D eigenvalue weighted by atomic mass is 16.5. The van der Waals surface area contributed by atoms with Gasteiger partial charge in [-0.05, 0) is 67.5 Å². The van der Waals surface area contributed by atoms with Crippen LogP contribution in [0.3, 0.4) is 0 Å². The number of allylic oxidation sites excluding steroid dienone is 1. The van der Waals surface area contributed by atoms with Crippen molar-refractivity contribution in [2.75, 3.05) is 13.2 Å². The van der Waals surface area contributed by atoms with Crippen molar-refractivity contribution in [2.24, 2.45) is 0 Å². The molecule has 0 amide bonds. The van der Waals surface area contributed by atoms with Crippen LogP contribution in [0, 0.1) is 11.3 Å². The number of hydrogen-bond acceptors (Lipinski definition) is 4. The molecule has 2 rings (SSSR count). The predicted octanol–water partition coefficient (Wildman–Crippen LogP) is 9.96. The first kappa shape index (κ1) is 32.2. The van der Waals surface area contributed by atoms with Crippen LogP contribution in [0.4, 0.5) is 0 Å². The third-order valence-electron chi connectivity index (χ3n) is 7.06. The summed E-state index contributed by atoms with van der Waals surface area (Å²) >= 11 is 0. The molecule has 0 aliphatic carbocycles. The summed E-state index contributed by atoms with van der Waals surface area (Å²) in [5.41, 5.74) is 2.90. The second-order valence-corrected chi connectivity index (χ2v) is 10.4. The second kappa shape index (κ2) is 21.8. The zero-order chi connectivity index (χ0) is 27.8. The fourth-order valence-corrected chi connectivity index (χ4v) is 4.64. The van der Waals surface area contributed by atoms with Gasteiger partial charge in [-0.25, -0.2) is 0 Å². The smallest absolute Gasteiger partial charge is 0.305 e. The molecular formula is C35H49NO3. The Bertz CT molecular complexity index is 943. The minimum absolute atomic E-state index is 0.0225. The molecule has 0 aromatic heterocycles. The summed E-state index contributed by atoms with van der Waals surface area (Å²) in [5, 5.41) is 8.93. The summed E-state index contributed by atoms with van der Waals surface area (Å²) in [6.45, 7) is 5.09. The molecule has 0 unspecified atom stereocenters. The highest BCUT2D eigenvalue weighted by Crippen LogP contribution is 2.23. The fraction of sp³-hybridized carbons (Fsp3) is 0.543. The molecule has 39 heavy (non-hydrogen) atoms. The van der Waals surface area contributed by atoms with E-state index in [2.05, 4.69) is 24.8 Å². The highest BCUT2D eigenvalue weighted by Gasteiger charge is 2.03. The average Bonchev–Trinajstić information content (AvgIpc) is 2.97. The fourth-order valence-electron chi connectivity index (χ4n) is 4.64. The Morgan fingerprint density at radius 3 is 1.72 bits per heavy atom. The zero-order valence-electron chi connectivity index (χ0n) is 24.0. The van der Waals surface area contributed by atoms with Gasteiger partial charge in [-0.3, -0.25) is 4.79 Å². The summed E-state index contributed by atoms with van der Waals surface area (Å²) in [5.74, 6) is 0.884. The summed E-state index contributed by atoms with van der Waals surface area (Å²) in [4.78, 5) is 11.8. The SMILES string of the molecule is C=CCCCCCCCCC(=O)OCCCCCCCCCCCOc1ccc(-c2ccc(C#N)cc2)cc1. The molecular weight excluding hydrogens is 482 g/mol. The first-order chi connectivity index (χ1) is 19.2. The maximum atomic E-state index is 11.8. The standard InChI is InChI=1S/C35H49NO3/c1-2-3-4-5-6-10-13-16-19-35(37)39-29-18-15-12-9-7-8-11-14-17-28-38-34-26-24-33(25-27-34)32-22-20-31(30-36)21-23-32/h2,20-27H,1,3-19,28-29H2. The maximum absolute atomic E-state index is 11.8. The molecule has 2 aromatic rings. The Labute approximate surface area is 237 Å². The predicted molar refractivity (Wildman–Crippen MR) is 162 cm³/mol. The Hall–Kier alpha value is -3.06. The number of nitriles is 1. The lowest BCUT2D eigenvalue weighted by molar-refractivity contribution is -0.143. The molecule has 0 N–H and O–H groups in total. The van der Waals surface area contributed by atoms with Gasteiger partial charge in [-0.1, -0.05) is 101 Å². The maximum Gasteiger partial charge on any atom is 0.305 e. The van der Waals surface area contributed by atoms with Crippen molar-refractivity contribution < 1.29 is 14.3 Å². The van der Waals surface area contributed by atoms with E-state index in [-0.39, 0.29) is 5.97 Å². The minimum atomic E-state index is -0.0225. The van der Waals surface area contributed by atoms with Crippen LogP contribution in [-0.2, 0) is 9.53 Å². The normalized spacial score (nSPS) is 10.6. The lowest BCUT2D eigenvalue weighted by atomic mass is 10.0. The topological polar surface area (TPSA) is 59.3 Å². The molecule has 0 aliphatic heterocycles. The molecule has 212 valence electrons. The van der Waals surface area contributed by atoms with Gasteiger partial charge >= 0.3 is 5.97 Å². The van der Waals surface area contributed by atoms with Crippen LogP contribution in [0.25, 0.3) is 11.1 Å². The minimum Gasteiger partial charge on any atom is -0.494 e. The van der Waals surface area contributed by atoms with E-state index in [1.165, 1.54) is 64.2 Å². The summed E-state index contributed by atoms with van der Waals surface area (Å²) < 4.78 is 11.3. The van der Waals surface area contributed by atoms with Crippen LogP contribution >= 0.6 is 0 Å². The molecule has 0 saturated heterocycles. The number of benzene rings is 2. The van der Waals surface area contributed by atoms with Crippen molar-refractivity contribution in [2.45, 2.75) is 109 Å². The summed E-state index contributed by atoms with van der Waals surface area (Å²) in [7, 11) is 0. The Balaban J connectivity index is 1.34. The lowest BCUT2D eigenvalue weighted by Crippen LogP contribution is -2.05. The molecule has 0 aliphatic rings.